The van der Waals surface area contributed by atoms with Crippen molar-refractivity contribution in [3.63, 3.8) is 0 Å². The molecule has 6 heteroatoms. The maximum absolute atomic E-state index is 12.0. The van der Waals surface area contributed by atoms with Gasteiger partial charge >= 0.3 is 0 Å². The number of carbonyl (C=O) groups excluding carboxylic acids is 1. The molecule has 0 spiro atoms. The molecule has 0 aliphatic heterocycles. The van der Waals surface area contributed by atoms with Gasteiger partial charge < -0.3 is 10.1 Å². The summed E-state index contributed by atoms with van der Waals surface area (Å²) in [6.45, 7) is -0.0498. The van der Waals surface area contributed by atoms with Gasteiger partial charge in [0.15, 0.2) is 6.61 Å². The van der Waals surface area contributed by atoms with Crippen molar-refractivity contribution in [1.29, 1.82) is 5.26 Å². The highest BCUT2D eigenvalue weighted by molar-refractivity contribution is 6.34. The molecule has 1 aromatic heterocycles. The highest BCUT2D eigenvalue weighted by atomic mass is 35.5. The number of benzene rings is 1. The van der Waals surface area contributed by atoms with Gasteiger partial charge in [-0.1, -0.05) is 17.7 Å². The van der Waals surface area contributed by atoms with Crippen molar-refractivity contribution in [3.05, 3.63) is 53.3 Å². The molecule has 5 nitrogen and oxygen atoms in total. The van der Waals surface area contributed by atoms with E-state index >= 15 is 0 Å². The van der Waals surface area contributed by atoms with Crippen LogP contribution in [0.4, 0.5) is 5.69 Å². The number of amides is 1. The fourth-order valence-electron chi connectivity index (χ4n) is 1.52. The monoisotopic (exact) mass is 287 g/mol. The number of aromatic nitrogens is 1. The van der Waals surface area contributed by atoms with Crippen LogP contribution in [0.3, 0.4) is 0 Å². The van der Waals surface area contributed by atoms with E-state index in [1.54, 1.807) is 30.3 Å². The lowest BCUT2D eigenvalue weighted by Gasteiger charge is -2.08. The van der Waals surface area contributed by atoms with Crippen molar-refractivity contribution >= 4 is 23.2 Å². The highest BCUT2D eigenvalue weighted by Gasteiger charge is 2.10. The van der Waals surface area contributed by atoms with Crippen molar-refractivity contribution in [2.75, 3.05) is 11.9 Å². The fraction of sp³-hybridized carbons (Fsp3) is 0.0714. The number of rotatable bonds is 4. The predicted octanol–water partition coefficient (Wildman–Crippen LogP) is 2.89. The first-order valence-electron chi connectivity index (χ1n) is 5.71. The minimum Gasteiger partial charge on any atom is -0.479 e. The second kappa shape index (κ2) is 6.55. The summed E-state index contributed by atoms with van der Waals surface area (Å²) in [7, 11) is 0. The Labute approximate surface area is 120 Å². The third-order valence-corrected chi connectivity index (χ3v) is 2.74. The molecule has 1 aromatic carbocycles. The van der Waals surface area contributed by atoms with Crippen LogP contribution in [0, 0.1) is 11.3 Å². The van der Waals surface area contributed by atoms with Gasteiger partial charge in [0.25, 0.3) is 5.91 Å². The Morgan fingerprint density at radius 3 is 3.05 bits per heavy atom. The summed E-state index contributed by atoms with van der Waals surface area (Å²) in [6.07, 6.45) is 2.91. The predicted molar refractivity (Wildman–Crippen MR) is 74.8 cm³/mol. The van der Waals surface area contributed by atoms with Gasteiger partial charge in [0.1, 0.15) is 11.8 Å². The van der Waals surface area contributed by atoms with Gasteiger partial charge in [-0.2, -0.15) is 5.26 Å². The summed E-state index contributed by atoms with van der Waals surface area (Å²) in [4.78, 5) is 15.9. The van der Waals surface area contributed by atoms with Crippen LogP contribution in [-0.4, -0.2) is 17.5 Å². The second-order valence-corrected chi connectivity index (χ2v) is 4.19. The average molecular weight is 288 g/mol. The zero-order chi connectivity index (χ0) is 14.4. The van der Waals surface area contributed by atoms with Crippen LogP contribution in [0.15, 0.2) is 42.7 Å². The number of pyridine rings is 1. The standard InChI is InChI=1S/C14H10ClN3O2/c15-13-4-6-17-9-12(13)14(19)18-10-2-1-3-11(8-10)20-7-5-16/h1-4,6,8-9H,7H2,(H,18,19). The molecule has 0 saturated carbocycles. The quantitative estimate of drug-likeness (QED) is 0.938. The summed E-state index contributed by atoms with van der Waals surface area (Å²) < 4.78 is 5.16. The molecule has 0 atom stereocenters. The van der Waals surface area contributed by atoms with E-state index in [9.17, 15) is 4.79 Å². The van der Waals surface area contributed by atoms with Gasteiger partial charge in [0.05, 0.1) is 10.6 Å². The Hall–Kier alpha value is -2.58. The molecule has 2 rings (SSSR count). The molecule has 2 aromatic rings. The number of anilines is 1. The Kier molecular flexibility index (Phi) is 4.53. The highest BCUT2D eigenvalue weighted by Crippen LogP contribution is 2.20. The van der Waals surface area contributed by atoms with Gasteiger partial charge in [-0.05, 0) is 18.2 Å². The van der Waals surface area contributed by atoms with E-state index in [0.29, 0.717) is 16.5 Å². The topological polar surface area (TPSA) is 75.0 Å². The molecule has 1 amide bonds. The van der Waals surface area contributed by atoms with E-state index in [-0.39, 0.29) is 18.1 Å². The molecule has 0 saturated heterocycles. The Bertz CT molecular complexity index is 667. The molecule has 0 bridgehead atoms. The summed E-state index contributed by atoms with van der Waals surface area (Å²) in [5.41, 5.74) is 0.836. The van der Waals surface area contributed by atoms with Crippen LogP contribution in [0.5, 0.6) is 5.75 Å². The van der Waals surface area contributed by atoms with E-state index in [1.165, 1.54) is 12.4 Å². The zero-order valence-electron chi connectivity index (χ0n) is 10.3. The smallest absolute Gasteiger partial charge is 0.258 e. The fourth-order valence-corrected chi connectivity index (χ4v) is 1.71. The molecule has 0 unspecified atom stereocenters. The van der Waals surface area contributed by atoms with Gasteiger partial charge in [0, 0.05) is 24.1 Å². The number of nitrogens with one attached hydrogen (secondary N) is 1. The average Bonchev–Trinajstić information content (AvgIpc) is 2.46. The second-order valence-electron chi connectivity index (χ2n) is 3.78. The van der Waals surface area contributed by atoms with Gasteiger partial charge in [0.2, 0.25) is 0 Å². The Balaban J connectivity index is 2.12. The molecular formula is C14H10ClN3O2. The molecule has 0 aliphatic carbocycles. The number of carbonyl (C=O) groups is 1. The molecule has 0 aliphatic rings. The summed E-state index contributed by atoms with van der Waals surface area (Å²) in [6, 6.07) is 10.2. The lowest BCUT2D eigenvalue weighted by molar-refractivity contribution is 0.102. The summed E-state index contributed by atoms with van der Waals surface area (Å²) in [5, 5.41) is 11.5. The van der Waals surface area contributed by atoms with Crippen LogP contribution < -0.4 is 10.1 Å². The Morgan fingerprint density at radius 1 is 1.45 bits per heavy atom. The number of halogens is 1. The van der Waals surface area contributed by atoms with Crippen molar-refractivity contribution < 1.29 is 9.53 Å². The summed E-state index contributed by atoms with van der Waals surface area (Å²) >= 11 is 5.92. The minimum absolute atomic E-state index is 0.0498. The van der Waals surface area contributed by atoms with E-state index in [1.807, 2.05) is 6.07 Å². The van der Waals surface area contributed by atoms with E-state index < -0.39 is 0 Å². The molecule has 0 fully saturated rings. The number of hydrogen-bond donors (Lipinski definition) is 1. The van der Waals surface area contributed by atoms with Gasteiger partial charge in [-0.15, -0.1) is 0 Å². The molecule has 1 N–H and O–H groups in total. The summed E-state index contributed by atoms with van der Waals surface area (Å²) in [5.74, 6) is 0.141. The third-order valence-electron chi connectivity index (χ3n) is 2.41. The third kappa shape index (κ3) is 3.46. The lowest BCUT2D eigenvalue weighted by Crippen LogP contribution is -2.12. The lowest BCUT2D eigenvalue weighted by atomic mass is 10.2. The van der Waals surface area contributed by atoms with Crippen LogP contribution in [0.1, 0.15) is 10.4 Å². The first-order valence-corrected chi connectivity index (χ1v) is 6.09. The first-order chi connectivity index (χ1) is 9.70. The number of nitrogens with zero attached hydrogens (tertiary/aromatic N) is 2. The van der Waals surface area contributed by atoms with E-state index in [0.717, 1.165) is 0 Å². The minimum atomic E-state index is -0.361. The van der Waals surface area contributed by atoms with Crippen molar-refractivity contribution in [3.8, 4) is 11.8 Å². The molecule has 0 radical (unpaired) electrons. The van der Waals surface area contributed by atoms with Crippen molar-refractivity contribution in [2.45, 2.75) is 0 Å². The maximum atomic E-state index is 12.0. The van der Waals surface area contributed by atoms with Crippen molar-refractivity contribution in [2.24, 2.45) is 0 Å². The molecule has 20 heavy (non-hydrogen) atoms. The van der Waals surface area contributed by atoms with Crippen LogP contribution >= 0.6 is 11.6 Å². The van der Waals surface area contributed by atoms with E-state index in [2.05, 4.69) is 10.3 Å². The maximum Gasteiger partial charge on any atom is 0.258 e. The van der Waals surface area contributed by atoms with Crippen LogP contribution in [0.25, 0.3) is 0 Å². The molecule has 1 heterocycles. The van der Waals surface area contributed by atoms with Crippen molar-refractivity contribution in [1.82, 2.24) is 4.98 Å². The van der Waals surface area contributed by atoms with Crippen LogP contribution in [-0.2, 0) is 0 Å². The number of ether oxygens (including phenoxy) is 1. The van der Waals surface area contributed by atoms with Gasteiger partial charge in [-0.3, -0.25) is 9.78 Å². The number of nitriles is 1. The SMILES string of the molecule is N#CCOc1cccc(NC(=O)c2cnccc2Cl)c1. The normalized spacial score (nSPS) is 9.60. The molecular weight excluding hydrogens is 278 g/mol. The van der Waals surface area contributed by atoms with Crippen LogP contribution in [0.2, 0.25) is 5.02 Å². The zero-order valence-corrected chi connectivity index (χ0v) is 11.1. The number of hydrogen-bond acceptors (Lipinski definition) is 4. The first kappa shape index (κ1) is 13.8. The molecule has 100 valence electrons. The Morgan fingerprint density at radius 2 is 2.30 bits per heavy atom. The van der Waals surface area contributed by atoms with Gasteiger partial charge in [-0.25, -0.2) is 0 Å². The largest absolute Gasteiger partial charge is 0.479 e. The van der Waals surface area contributed by atoms with E-state index in [4.69, 9.17) is 21.6 Å².